The average Bonchev–Trinajstić information content (AvgIpc) is 2.42. The molecule has 0 fully saturated rings. The Hall–Kier alpha value is -1.98. The average molecular weight is 285 g/mol. The summed E-state index contributed by atoms with van der Waals surface area (Å²) in [6.07, 6.45) is 0.511. The lowest BCUT2D eigenvalue weighted by molar-refractivity contribution is -0.140. The molecule has 110 valence electrons. The number of nitrogens with zero attached hydrogens (tertiary/aromatic N) is 1. The van der Waals surface area contributed by atoms with E-state index in [1.54, 1.807) is 0 Å². The van der Waals surface area contributed by atoms with Gasteiger partial charge in [-0.3, -0.25) is 9.59 Å². The van der Waals surface area contributed by atoms with Gasteiger partial charge in [0.15, 0.2) is 0 Å². The molecule has 0 aliphatic carbocycles. The molecule has 1 rings (SSSR count). The number of benzene rings is 1. The molecule has 0 unspecified atom stereocenters. The number of carbonyl (C=O) groups is 2. The Morgan fingerprint density at radius 3 is 2.55 bits per heavy atom. The molecule has 0 spiro atoms. The summed E-state index contributed by atoms with van der Waals surface area (Å²) in [5.74, 6) is -2.87. The quantitative estimate of drug-likeness (QED) is 0.780. The second-order valence-corrected chi connectivity index (χ2v) is 4.46. The minimum Gasteiger partial charge on any atom is -0.469 e. The molecule has 0 bridgehead atoms. The van der Waals surface area contributed by atoms with Crippen LogP contribution in [0.2, 0.25) is 0 Å². The van der Waals surface area contributed by atoms with Crippen LogP contribution in [0.25, 0.3) is 0 Å². The van der Waals surface area contributed by atoms with Gasteiger partial charge < -0.3 is 9.64 Å². The Morgan fingerprint density at radius 2 is 1.95 bits per heavy atom. The summed E-state index contributed by atoms with van der Waals surface area (Å²) in [5.41, 5.74) is -0.358. The minimum atomic E-state index is -0.891. The number of methoxy groups -OCH3 is 1. The monoisotopic (exact) mass is 285 g/mol. The highest BCUT2D eigenvalue weighted by molar-refractivity contribution is 5.94. The second-order valence-electron chi connectivity index (χ2n) is 4.46. The van der Waals surface area contributed by atoms with Crippen LogP contribution in [-0.2, 0) is 9.53 Å². The Kier molecular flexibility index (Phi) is 5.61. The van der Waals surface area contributed by atoms with Gasteiger partial charge in [-0.1, -0.05) is 6.07 Å². The number of halogens is 2. The highest BCUT2D eigenvalue weighted by Gasteiger charge is 2.22. The lowest BCUT2D eigenvalue weighted by Gasteiger charge is -2.18. The molecule has 0 radical (unpaired) electrons. The van der Waals surface area contributed by atoms with Crippen LogP contribution in [-0.4, -0.2) is 37.5 Å². The number of aryl methyl sites for hydroxylation is 1. The molecule has 0 N–H and O–H groups in total. The first-order valence-corrected chi connectivity index (χ1v) is 6.15. The summed E-state index contributed by atoms with van der Waals surface area (Å²) >= 11 is 0. The van der Waals surface area contributed by atoms with E-state index in [0.29, 0.717) is 6.42 Å². The van der Waals surface area contributed by atoms with Gasteiger partial charge in [0.05, 0.1) is 7.11 Å². The molecule has 1 aromatic rings. The van der Waals surface area contributed by atoms with Crippen LogP contribution in [0.1, 0.15) is 28.8 Å². The highest BCUT2D eigenvalue weighted by atomic mass is 19.1. The molecule has 6 heteroatoms. The number of carbonyl (C=O) groups excluding carboxylic acids is 2. The van der Waals surface area contributed by atoms with Crippen molar-refractivity contribution in [3.8, 4) is 0 Å². The van der Waals surface area contributed by atoms with Crippen molar-refractivity contribution >= 4 is 11.9 Å². The van der Waals surface area contributed by atoms with Gasteiger partial charge in [0, 0.05) is 20.0 Å². The molecular weight excluding hydrogens is 268 g/mol. The van der Waals surface area contributed by atoms with Gasteiger partial charge >= 0.3 is 5.97 Å². The maximum absolute atomic E-state index is 13.8. The van der Waals surface area contributed by atoms with E-state index in [1.165, 1.54) is 32.0 Å². The zero-order valence-electron chi connectivity index (χ0n) is 11.7. The number of esters is 1. The minimum absolute atomic E-state index is 0.146. The highest BCUT2D eigenvalue weighted by Crippen LogP contribution is 2.18. The summed E-state index contributed by atoms with van der Waals surface area (Å²) < 4.78 is 31.9. The van der Waals surface area contributed by atoms with Crippen molar-refractivity contribution in [3.63, 3.8) is 0 Å². The van der Waals surface area contributed by atoms with E-state index >= 15 is 0 Å². The van der Waals surface area contributed by atoms with E-state index in [2.05, 4.69) is 4.74 Å². The summed E-state index contributed by atoms with van der Waals surface area (Å²) in [5, 5.41) is 0. The maximum Gasteiger partial charge on any atom is 0.305 e. The summed E-state index contributed by atoms with van der Waals surface area (Å²) in [6.45, 7) is 1.67. The third-order valence-electron chi connectivity index (χ3n) is 2.95. The third kappa shape index (κ3) is 3.76. The fraction of sp³-hybridized carbons (Fsp3) is 0.429. The number of hydrogen-bond donors (Lipinski definition) is 0. The topological polar surface area (TPSA) is 46.6 Å². The van der Waals surface area contributed by atoms with Crippen LogP contribution < -0.4 is 0 Å². The summed E-state index contributed by atoms with van der Waals surface area (Å²) in [4.78, 5) is 24.1. The molecular formula is C14H17F2NO3. The van der Waals surface area contributed by atoms with Gasteiger partial charge in [0.2, 0.25) is 0 Å². The van der Waals surface area contributed by atoms with Crippen LogP contribution in [0.4, 0.5) is 8.78 Å². The van der Waals surface area contributed by atoms with Crippen LogP contribution in [0.15, 0.2) is 12.1 Å². The normalized spacial score (nSPS) is 10.2. The van der Waals surface area contributed by atoms with E-state index in [4.69, 9.17) is 0 Å². The van der Waals surface area contributed by atoms with Crippen LogP contribution in [0.5, 0.6) is 0 Å². The molecule has 0 saturated heterocycles. The fourth-order valence-electron chi connectivity index (χ4n) is 1.71. The lowest BCUT2D eigenvalue weighted by atomic mass is 10.1. The standard InChI is InChI=1S/C14H17F2NO3/c1-9-6-7-10(15)12(13(9)16)14(19)17(2)8-4-5-11(18)20-3/h6-7H,4-5,8H2,1-3H3. The van der Waals surface area contributed by atoms with Crippen molar-refractivity contribution in [3.05, 3.63) is 34.9 Å². The van der Waals surface area contributed by atoms with Crippen molar-refractivity contribution in [2.75, 3.05) is 20.7 Å². The number of rotatable bonds is 5. The van der Waals surface area contributed by atoms with E-state index in [0.717, 1.165) is 6.07 Å². The molecule has 1 aromatic carbocycles. The van der Waals surface area contributed by atoms with Crippen LogP contribution >= 0.6 is 0 Å². The van der Waals surface area contributed by atoms with E-state index < -0.39 is 29.1 Å². The van der Waals surface area contributed by atoms with Crippen LogP contribution in [0.3, 0.4) is 0 Å². The SMILES string of the molecule is COC(=O)CCCN(C)C(=O)c1c(F)ccc(C)c1F. The van der Waals surface area contributed by atoms with Crippen molar-refractivity contribution < 1.29 is 23.1 Å². The maximum atomic E-state index is 13.8. The molecule has 20 heavy (non-hydrogen) atoms. The first-order valence-electron chi connectivity index (χ1n) is 6.15. The molecule has 0 aliphatic heterocycles. The van der Waals surface area contributed by atoms with Crippen molar-refractivity contribution in [1.29, 1.82) is 0 Å². The Balaban J connectivity index is 2.75. The first kappa shape index (κ1) is 16.1. The molecule has 0 heterocycles. The zero-order valence-corrected chi connectivity index (χ0v) is 11.7. The molecule has 0 atom stereocenters. The summed E-state index contributed by atoms with van der Waals surface area (Å²) in [7, 11) is 2.70. The van der Waals surface area contributed by atoms with E-state index in [-0.39, 0.29) is 18.5 Å². The second kappa shape index (κ2) is 6.98. The van der Waals surface area contributed by atoms with Gasteiger partial charge in [-0.05, 0) is 25.0 Å². The Labute approximate surface area is 116 Å². The third-order valence-corrected chi connectivity index (χ3v) is 2.95. The van der Waals surface area contributed by atoms with Crippen LogP contribution in [0, 0.1) is 18.6 Å². The van der Waals surface area contributed by atoms with Gasteiger partial charge in [0.25, 0.3) is 5.91 Å². The van der Waals surface area contributed by atoms with E-state index in [1.807, 2.05) is 0 Å². The summed E-state index contributed by atoms with van der Waals surface area (Å²) in [6, 6.07) is 2.34. The van der Waals surface area contributed by atoms with E-state index in [9.17, 15) is 18.4 Å². The largest absolute Gasteiger partial charge is 0.469 e. The van der Waals surface area contributed by atoms with Crippen molar-refractivity contribution in [2.24, 2.45) is 0 Å². The number of ether oxygens (including phenoxy) is 1. The van der Waals surface area contributed by atoms with Gasteiger partial charge in [0.1, 0.15) is 17.2 Å². The number of amides is 1. The zero-order chi connectivity index (χ0) is 15.3. The molecule has 1 amide bonds. The van der Waals surface area contributed by atoms with Gasteiger partial charge in [-0.15, -0.1) is 0 Å². The molecule has 0 saturated carbocycles. The molecule has 0 aromatic heterocycles. The van der Waals surface area contributed by atoms with Gasteiger partial charge in [-0.25, -0.2) is 8.78 Å². The van der Waals surface area contributed by atoms with Crippen molar-refractivity contribution in [1.82, 2.24) is 4.90 Å². The Bertz CT molecular complexity index is 517. The predicted octanol–water partition coefficient (Wildman–Crippen LogP) is 2.30. The van der Waals surface area contributed by atoms with Crippen molar-refractivity contribution in [2.45, 2.75) is 19.8 Å². The lowest BCUT2D eigenvalue weighted by Crippen LogP contribution is -2.30. The van der Waals surface area contributed by atoms with Gasteiger partial charge in [-0.2, -0.15) is 0 Å². The predicted molar refractivity (Wildman–Crippen MR) is 69.3 cm³/mol. The Morgan fingerprint density at radius 1 is 1.30 bits per heavy atom. The smallest absolute Gasteiger partial charge is 0.305 e. The first-order chi connectivity index (χ1) is 9.38. The molecule has 4 nitrogen and oxygen atoms in total. The fourth-order valence-corrected chi connectivity index (χ4v) is 1.71. The number of hydrogen-bond acceptors (Lipinski definition) is 3. The molecule has 0 aliphatic rings.